The Kier molecular flexibility index (Phi) is 7.36. The van der Waals surface area contributed by atoms with E-state index >= 15 is 0 Å². The Balaban J connectivity index is 1.77. The highest BCUT2D eigenvalue weighted by atomic mass is 32.2. The van der Waals surface area contributed by atoms with E-state index in [-0.39, 0.29) is 41.5 Å². The lowest BCUT2D eigenvalue weighted by Crippen LogP contribution is -2.37. The Hall–Kier alpha value is -3.83. The van der Waals surface area contributed by atoms with Crippen molar-refractivity contribution in [2.24, 2.45) is 0 Å². The Morgan fingerprint density at radius 1 is 0.900 bits per heavy atom. The summed E-state index contributed by atoms with van der Waals surface area (Å²) in [5.41, 5.74) is 2.31. The number of carbonyl (C=O) groups is 1. The van der Waals surface area contributed by atoms with Crippen molar-refractivity contribution in [1.82, 2.24) is 0 Å². The number of sulfonamides is 2. The summed E-state index contributed by atoms with van der Waals surface area (Å²) in [5, 5.41) is 0. The molecule has 0 saturated heterocycles. The lowest BCUT2D eigenvalue weighted by atomic mass is 9.89. The van der Waals surface area contributed by atoms with Gasteiger partial charge in [0.05, 0.1) is 22.6 Å². The van der Waals surface area contributed by atoms with E-state index in [1.165, 1.54) is 46.9 Å². The minimum absolute atomic E-state index is 0.0443. The zero-order valence-corrected chi connectivity index (χ0v) is 23.9. The molecule has 40 heavy (non-hydrogen) atoms. The molecule has 0 aliphatic carbocycles. The SMILES string of the molecule is C=C1CCN(S(=O)(=O)c2ccccc2)c2c(OC)cc3c(c21)CC(OC(C)=O)CCN3S(=O)(=O)c1ccccc1. The predicted molar refractivity (Wildman–Crippen MR) is 152 cm³/mol. The molecule has 0 bridgehead atoms. The van der Waals surface area contributed by atoms with Gasteiger partial charge in [0.1, 0.15) is 17.5 Å². The van der Waals surface area contributed by atoms with E-state index in [2.05, 4.69) is 6.58 Å². The molecule has 0 fully saturated rings. The Labute approximate surface area is 234 Å². The maximum absolute atomic E-state index is 13.9. The first-order valence-corrected chi connectivity index (χ1v) is 15.7. The van der Waals surface area contributed by atoms with Gasteiger partial charge in [-0.25, -0.2) is 16.8 Å². The van der Waals surface area contributed by atoms with Crippen LogP contribution < -0.4 is 13.3 Å². The molecule has 2 heterocycles. The predicted octanol–water partition coefficient (Wildman–Crippen LogP) is 4.38. The fraction of sp³-hybridized carbons (Fsp3) is 0.276. The summed E-state index contributed by atoms with van der Waals surface area (Å²) in [4.78, 5) is 12.2. The van der Waals surface area contributed by atoms with Gasteiger partial charge in [0.2, 0.25) is 0 Å². The van der Waals surface area contributed by atoms with Crippen LogP contribution in [0.4, 0.5) is 11.4 Å². The van der Waals surface area contributed by atoms with Crippen LogP contribution in [0.5, 0.6) is 5.75 Å². The van der Waals surface area contributed by atoms with Crippen molar-refractivity contribution in [1.29, 1.82) is 0 Å². The van der Waals surface area contributed by atoms with Crippen LogP contribution in [-0.4, -0.2) is 49.1 Å². The molecule has 3 aromatic rings. The molecule has 0 aromatic heterocycles. The van der Waals surface area contributed by atoms with Crippen LogP contribution in [0.25, 0.3) is 5.57 Å². The van der Waals surface area contributed by atoms with E-state index in [9.17, 15) is 21.6 Å². The van der Waals surface area contributed by atoms with Crippen LogP contribution in [0.3, 0.4) is 0 Å². The third kappa shape index (κ3) is 4.84. The molecule has 5 rings (SSSR count). The number of esters is 1. The average Bonchev–Trinajstić information content (AvgIpc) is 3.12. The molecule has 210 valence electrons. The maximum Gasteiger partial charge on any atom is 0.302 e. The van der Waals surface area contributed by atoms with Gasteiger partial charge >= 0.3 is 5.97 Å². The first-order valence-electron chi connectivity index (χ1n) is 12.8. The van der Waals surface area contributed by atoms with Crippen LogP contribution in [0.1, 0.15) is 30.9 Å². The van der Waals surface area contributed by atoms with Gasteiger partial charge in [-0.05, 0) is 41.8 Å². The highest BCUT2D eigenvalue weighted by Gasteiger charge is 2.40. The Bertz CT molecular complexity index is 1670. The number of rotatable bonds is 6. The van der Waals surface area contributed by atoms with Crippen molar-refractivity contribution < 1.29 is 31.1 Å². The summed E-state index contributed by atoms with van der Waals surface area (Å²) in [6.45, 7) is 5.72. The Morgan fingerprint density at radius 3 is 2.02 bits per heavy atom. The number of hydrogen-bond acceptors (Lipinski definition) is 7. The molecule has 3 aromatic carbocycles. The van der Waals surface area contributed by atoms with Crippen LogP contribution in [0, 0.1) is 0 Å². The molecule has 11 heteroatoms. The van der Waals surface area contributed by atoms with Crippen LogP contribution in [0.2, 0.25) is 0 Å². The fourth-order valence-electron chi connectivity index (χ4n) is 5.34. The van der Waals surface area contributed by atoms with Crippen molar-refractivity contribution in [2.45, 2.75) is 42.1 Å². The molecular formula is C29H30N2O7S2. The minimum Gasteiger partial charge on any atom is -0.494 e. The third-order valence-electron chi connectivity index (χ3n) is 7.14. The number of hydrogen-bond donors (Lipinski definition) is 0. The third-order valence-corrected chi connectivity index (χ3v) is 10.8. The van der Waals surface area contributed by atoms with Gasteiger partial charge in [-0.15, -0.1) is 0 Å². The molecule has 9 nitrogen and oxygen atoms in total. The average molecular weight is 583 g/mol. The quantitative estimate of drug-likeness (QED) is 0.397. The van der Waals surface area contributed by atoms with E-state index in [0.717, 1.165) is 0 Å². The van der Waals surface area contributed by atoms with Gasteiger partial charge in [-0.3, -0.25) is 13.4 Å². The summed E-state index contributed by atoms with van der Waals surface area (Å²) >= 11 is 0. The molecule has 0 amide bonds. The fourth-order valence-corrected chi connectivity index (χ4v) is 8.37. The number of methoxy groups -OCH3 is 1. The zero-order valence-electron chi connectivity index (χ0n) is 22.2. The van der Waals surface area contributed by atoms with Gasteiger partial charge in [0, 0.05) is 44.5 Å². The second-order valence-corrected chi connectivity index (χ2v) is 13.4. The number of anilines is 2. The molecule has 1 atom stereocenters. The standard InChI is InChI=1S/C29H30N2O7S2/c1-20-14-16-31(40(35,36)24-12-8-5-9-13-24)29-27(37-3)19-26-25(28(20)29)18-22(38-21(2)32)15-17-30(26)39(33,34)23-10-6-4-7-11-23/h4-13,19,22H,1,14-18H2,2-3H3. The Morgan fingerprint density at radius 2 is 1.48 bits per heavy atom. The summed E-state index contributed by atoms with van der Waals surface area (Å²) in [6, 6.07) is 17.7. The van der Waals surface area contributed by atoms with E-state index in [4.69, 9.17) is 9.47 Å². The molecular weight excluding hydrogens is 552 g/mol. The second kappa shape index (κ2) is 10.6. The molecule has 0 radical (unpaired) electrons. The van der Waals surface area contributed by atoms with Gasteiger partial charge in [-0.2, -0.15) is 0 Å². The zero-order chi connectivity index (χ0) is 28.7. The van der Waals surface area contributed by atoms with Crippen LogP contribution in [-0.2, 0) is 36.0 Å². The number of benzene rings is 3. The summed E-state index contributed by atoms with van der Waals surface area (Å²) in [6.07, 6.45) is 0.122. The van der Waals surface area contributed by atoms with Crippen molar-refractivity contribution in [3.63, 3.8) is 0 Å². The summed E-state index contributed by atoms with van der Waals surface area (Å²) in [7, 11) is -6.60. The largest absolute Gasteiger partial charge is 0.494 e. The maximum atomic E-state index is 13.9. The van der Waals surface area contributed by atoms with Crippen LogP contribution in [0.15, 0.2) is 83.1 Å². The van der Waals surface area contributed by atoms with Gasteiger partial charge < -0.3 is 9.47 Å². The van der Waals surface area contributed by atoms with E-state index in [1.54, 1.807) is 42.5 Å². The number of carbonyl (C=O) groups excluding carboxylic acids is 1. The molecule has 0 saturated carbocycles. The lowest BCUT2D eigenvalue weighted by molar-refractivity contribution is -0.146. The highest BCUT2D eigenvalue weighted by molar-refractivity contribution is 7.93. The molecule has 0 N–H and O–H groups in total. The van der Waals surface area contributed by atoms with Crippen molar-refractivity contribution in [3.05, 3.63) is 84.4 Å². The van der Waals surface area contributed by atoms with Crippen LogP contribution >= 0.6 is 0 Å². The highest BCUT2D eigenvalue weighted by Crippen LogP contribution is 2.50. The second-order valence-electron chi connectivity index (χ2n) is 9.66. The topological polar surface area (TPSA) is 110 Å². The van der Waals surface area contributed by atoms with Gasteiger partial charge in [0.25, 0.3) is 20.0 Å². The van der Waals surface area contributed by atoms with Crippen molar-refractivity contribution in [2.75, 3.05) is 28.8 Å². The molecule has 1 unspecified atom stereocenters. The van der Waals surface area contributed by atoms with E-state index in [0.29, 0.717) is 34.5 Å². The minimum atomic E-state index is -4.03. The normalized spacial score (nSPS) is 17.4. The van der Waals surface area contributed by atoms with E-state index < -0.39 is 32.1 Å². The summed E-state index contributed by atoms with van der Waals surface area (Å²) < 4.78 is 69.5. The van der Waals surface area contributed by atoms with E-state index in [1.807, 2.05) is 0 Å². The number of nitrogens with zero attached hydrogens (tertiary/aromatic N) is 2. The van der Waals surface area contributed by atoms with Gasteiger partial charge in [-0.1, -0.05) is 43.0 Å². The smallest absolute Gasteiger partial charge is 0.302 e. The molecule has 2 aliphatic rings. The van der Waals surface area contributed by atoms with Crippen molar-refractivity contribution >= 4 is 43.0 Å². The number of ether oxygens (including phenoxy) is 2. The number of fused-ring (bicyclic) bond motifs is 3. The molecule has 2 aliphatic heterocycles. The first kappa shape index (κ1) is 27.7. The first-order chi connectivity index (χ1) is 19.1. The molecule has 0 spiro atoms. The summed E-state index contributed by atoms with van der Waals surface area (Å²) in [5.74, 6) is -0.284. The lowest BCUT2D eigenvalue weighted by Gasteiger charge is -2.36. The van der Waals surface area contributed by atoms with Gasteiger partial charge in [0.15, 0.2) is 0 Å². The monoisotopic (exact) mass is 582 g/mol. The van der Waals surface area contributed by atoms with Crippen molar-refractivity contribution in [3.8, 4) is 5.75 Å².